The molecule has 3 rings (SSSR count). The van der Waals surface area contributed by atoms with Crippen LogP contribution in [-0.4, -0.2) is 65.7 Å². The molecule has 0 heterocycles. The highest BCUT2D eigenvalue weighted by Crippen LogP contribution is 2.30. The van der Waals surface area contributed by atoms with Gasteiger partial charge in [0.1, 0.15) is 35.8 Å². The van der Waals surface area contributed by atoms with Crippen molar-refractivity contribution in [3.05, 3.63) is 72.1 Å². The summed E-state index contributed by atoms with van der Waals surface area (Å²) in [6.07, 6.45) is 2.10. The number of aliphatic carboxylic acids is 1. The Bertz CT molecular complexity index is 1040. The molecule has 3 N–H and O–H groups in total. The fraction of sp³-hybridized carbons (Fsp3) is 0.429. The zero-order valence-corrected chi connectivity index (χ0v) is 20.7. The molecule has 1 fully saturated rings. The van der Waals surface area contributed by atoms with Crippen LogP contribution in [0.1, 0.15) is 37.2 Å². The summed E-state index contributed by atoms with van der Waals surface area (Å²) in [4.78, 5) is 24.1. The molecule has 0 aromatic heterocycles. The van der Waals surface area contributed by atoms with Crippen LogP contribution in [-0.2, 0) is 14.3 Å². The number of Topliss-reactive ketones (excluding diaryl/α,β-unsaturated/α-hetero) is 1. The Morgan fingerprint density at radius 1 is 1.08 bits per heavy atom. The summed E-state index contributed by atoms with van der Waals surface area (Å²) in [7, 11) is 1.55. The van der Waals surface area contributed by atoms with Crippen molar-refractivity contribution in [3.8, 4) is 11.5 Å². The highest BCUT2D eigenvalue weighted by atomic mass is 19.1. The van der Waals surface area contributed by atoms with Gasteiger partial charge in [-0.3, -0.25) is 9.59 Å². The Morgan fingerprint density at radius 3 is 2.41 bits per heavy atom. The van der Waals surface area contributed by atoms with Crippen LogP contribution in [0.15, 0.2) is 60.7 Å². The maximum Gasteiger partial charge on any atom is 0.310 e. The smallest absolute Gasteiger partial charge is 0.310 e. The number of hydrogen-bond acceptors (Lipinski definition) is 7. The minimum absolute atomic E-state index is 0.0239. The minimum atomic E-state index is -1.00. The predicted octanol–water partition coefficient (Wildman–Crippen LogP) is 3.50. The van der Waals surface area contributed by atoms with E-state index in [1.807, 2.05) is 6.08 Å². The number of halogens is 1. The highest BCUT2D eigenvalue weighted by Gasteiger charge is 2.41. The summed E-state index contributed by atoms with van der Waals surface area (Å²) < 4.78 is 29.2. The molecule has 8 nitrogen and oxygen atoms in total. The molecule has 2 aromatic carbocycles. The second-order valence-electron chi connectivity index (χ2n) is 9.01. The lowest BCUT2D eigenvalue weighted by Gasteiger charge is -2.22. The number of methoxy groups -OCH3 is 1. The van der Waals surface area contributed by atoms with Crippen molar-refractivity contribution in [2.45, 2.75) is 49.9 Å². The summed E-state index contributed by atoms with van der Waals surface area (Å²) in [5.74, 6) is -1.61. The number of rotatable bonds is 14. The number of aliphatic hydroxyl groups excluding tert-OH is 2. The Hall–Kier alpha value is -3.27. The number of ketones is 1. The summed E-state index contributed by atoms with van der Waals surface area (Å²) in [5, 5.41) is 30.1. The first-order chi connectivity index (χ1) is 17.8. The number of benzene rings is 2. The Morgan fingerprint density at radius 2 is 1.76 bits per heavy atom. The predicted molar refractivity (Wildman–Crippen MR) is 133 cm³/mol. The molecule has 0 aliphatic heterocycles. The minimum Gasteiger partial charge on any atom is -0.497 e. The van der Waals surface area contributed by atoms with E-state index in [4.69, 9.17) is 14.2 Å². The Labute approximate surface area is 215 Å². The lowest BCUT2D eigenvalue weighted by Crippen LogP contribution is -2.34. The molecule has 5 atom stereocenters. The summed E-state index contributed by atoms with van der Waals surface area (Å²) >= 11 is 0. The molecule has 0 saturated heterocycles. The molecule has 5 unspecified atom stereocenters. The standard InChI is InChI=1S/C28H33FO8/c1-35-21-11-7-18(8-12-21)23(28(33)34)5-3-2-4-6-24-25(31)15-26(32)27(24)37-17-20(30)16-36-22-13-9-19(29)10-14-22/h2,4,7-14,20,23-24,26-27,30,32H,3,5-6,15-17H2,1H3,(H,33,34). The summed E-state index contributed by atoms with van der Waals surface area (Å²) in [6, 6.07) is 12.3. The van der Waals surface area contributed by atoms with Crippen LogP contribution in [0.2, 0.25) is 0 Å². The Balaban J connectivity index is 1.46. The van der Waals surface area contributed by atoms with Gasteiger partial charge in [-0.15, -0.1) is 0 Å². The van der Waals surface area contributed by atoms with Crippen molar-refractivity contribution in [2.75, 3.05) is 20.3 Å². The summed E-state index contributed by atoms with van der Waals surface area (Å²) in [6.45, 7) is -0.232. The quantitative estimate of drug-likeness (QED) is 0.326. The molecule has 1 saturated carbocycles. The third-order valence-corrected chi connectivity index (χ3v) is 6.33. The number of allylic oxidation sites excluding steroid dienone is 2. The lowest BCUT2D eigenvalue weighted by molar-refractivity contribution is -0.139. The van der Waals surface area contributed by atoms with Crippen LogP contribution in [0.25, 0.3) is 0 Å². The fourth-order valence-corrected chi connectivity index (χ4v) is 4.30. The number of carboxylic acid groups (broad SMARTS) is 1. The first kappa shape index (κ1) is 28.3. The second kappa shape index (κ2) is 13.9. The van der Waals surface area contributed by atoms with Gasteiger partial charge in [-0.2, -0.15) is 0 Å². The molecule has 0 radical (unpaired) electrons. The number of hydrogen-bond donors (Lipinski definition) is 3. The molecule has 37 heavy (non-hydrogen) atoms. The van der Waals surface area contributed by atoms with Crippen molar-refractivity contribution in [1.29, 1.82) is 0 Å². The van der Waals surface area contributed by atoms with E-state index < -0.39 is 41.9 Å². The maximum atomic E-state index is 13.0. The van der Waals surface area contributed by atoms with Crippen LogP contribution in [0.4, 0.5) is 4.39 Å². The van der Waals surface area contributed by atoms with E-state index in [1.54, 1.807) is 37.5 Å². The van der Waals surface area contributed by atoms with E-state index in [1.165, 1.54) is 24.3 Å². The molecule has 0 bridgehead atoms. The van der Waals surface area contributed by atoms with Crippen molar-refractivity contribution in [1.82, 2.24) is 0 Å². The molecule has 0 spiro atoms. The van der Waals surface area contributed by atoms with E-state index in [0.29, 0.717) is 36.3 Å². The number of aliphatic hydroxyl groups is 2. The first-order valence-corrected chi connectivity index (χ1v) is 12.2. The number of carbonyl (C=O) groups excluding carboxylic acids is 1. The normalized spacial score (nSPS) is 21.2. The molecule has 0 amide bonds. The van der Waals surface area contributed by atoms with Crippen molar-refractivity contribution in [2.24, 2.45) is 5.92 Å². The molecule has 200 valence electrons. The van der Waals surface area contributed by atoms with Crippen LogP contribution in [0, 0.1) is 11.7 Å². The molecule has 1 aliphatic rings. The zero-order chi connectivity index (χ0) is 26.8. The third-order valence-electron chi connectivity index (χ3n) is 6.33. The second-order valence-corrected chi connectivity index (χ2v) is 9.01. The van der Waals surface area contributed by atoms with Gasteiger partial charge >= 0.3 is 5.97 Å². The number of carboxylic acids is 1. The molecular weight excluding hydrogens is 483 g/mol. The molecular formula is C28H33FO8. The van der Waals surface area contributed by atoms with Gasteiger partial charge in [0.15, 0.2) is 0 Å². The van der Waals surface area contributed by atoms with Gasteiger partial charge in [0.25, 0.3) is 0 Å². The number of ether oxygens (including phenoxy) is 3. The van der Waals surface area contributed by atoms with Crippen LogP contribution < -0.4 is 9.47 Å². The van der Waals surface area contributed by atoms with Gasteiger partial charge in [0.2, 0.25) is 0 Å². The van der Waals surface area contributed by atoms with Crippen molar-refractivity contribution >= 4 is 11.8 Å². The summed E-state index contributed by atoms with van der Waals surface area (Å²) in [5.41, 5.74) is 0.686. The Kier molecular flexibility index (Phi) is 10.6. The number of carbonyl (C=O) groups is 2. The van der Waals surface area contributed by atoms with Gasteiger partial charge in [-0.05, 0) is 61.2 Å². The van der Waals surface area contributed by atoms with Gasteiger partial charge < -0.3 is 29.5 Å². The molecule has 9 heteroatoms. The van der Waals surface area contributed by atoms with E-state index in [9.17, 15) is 29.3 Å². The van der Waals surface area contributed by atoms with Crippen molar-refractivity contribution < 1.29 is 43.5 Å². The van der Waals surface area contributed by atoms with Gasteiger partial charge in [-0.1, -0.05) is 24.3 Å². The monoisotopic (exact) mass is 516 g/mol. The zero-order valence-electron chi connectivity index (χ0n) is 20.7. The van der Waals surface area contributed by atoms with E-state index in [0.717, 1.165) is 0 Å². The maximum absolute atomic E-state index is 13.0. The van der Waals surface area contributed by atoms with Crippen molar-refractivity contribution in [3.63, 3.8) is 0 Å². The van der Waals surface area contributed by atoms with Crippen LogP contribution in [0.5, 0.6) is 11.5 Å². The largest absolute Gasteiger partial charge is 0.497 e. The highest BCUT2D eigenvalue weighted by molar-refractivity contribution is 5.85. The van der Waals surface area contributed by atoms with Gasteiger partial charge in [0.05, 0.1) is 31.8 Å². The van der Waals surface area contributed by atoms with E-state index >= 15 is 0 Å². The molecule has 2 aromatic rings. The van der Waals surface area contributed by atoms with E-state index in [-0.39, 0.29) is 25.4 Å². The SMILES string of the molecule is COc1ccc(C(CCC=CCC2C(=O)CC(O)C2OCC(O)COc2ccc(F)cc2)C(=O)O)cc1. The van der Waals surface area contributed by atoms with Gasteiger partial charge in [0, 0.05) is 12.3 Å². The van der Waals surface area contributed by atoms with Crippen LogP contribution in [0.3, 0.4) is 0 Å². The average Bonchev–Trinajstić information content (AvgIpc) is 3.16. The average molecular weight is 517 g/mol. The first-order valence-electron chi connectivity index (χ1n) is 12.2. The van der Waals surface area contributed by atoms with Crippen LogP contribution >= 0.6 is 0 Å². The third kappa shape index (κ3) is 8.38. The fourth-order valence-electron chi connectivity index (χ4n) is 4.30. The molecule has 1 aliphatic carbocycles. The lowest BCUT2D eigenvalue weighted by atomic mass is 9.93. The van der Waals surface area contributed by atoms with Gasteiger partial charge in [-0.25, -0.2) is 4.39 Å². The topological polar surface area (TPSA) is 123 Å². The van der Waals surface area contributed by atoms with E-state index in [2.05, 4.69) is 0 Å².